The summed E-state index contributed by atoms with van der Waals surface area (Å²) in [6.07, 6.45) is 3.49. The van der Waals surface area contributed by atoms with Crippen molar-refractivity contribution in [1.82, 2.24) is 20.4 Å². The summed E-state index contributed by atoms with van der Waals surface area (Å²) in [6, 6.07) is 7.78. The number of aromatic amines is 1. The van der Waals surface area contributed by atoms with Crippen LogP contribution in [0.2, 0.25) is 5.02 Å². The highest BCUT2D eigenvalue weighted by Gasteiger charge is 2.06. The first-order valence-corrected chi connectivity index (χ1v) is 6.71. The second kappa shape index (κ2) is 4.96. The van der Waals surface area contributed by atoms with Gasteiger partial charge in [0, 0.05) is 22.4 Å². The van der Waals surface area contributed by atoms with Crippen molar-refractivity contribution in [1.29, 1.82) is 0 Å². The Morgan fingerprint density at radius 3 is 3.06 bits per heavy atom. The Morgan fingerprint density at radius 2 is 2.22 bits per heavy atom. The Bertz CT molecular complexity index is 669. The zero-order valence-corrected chi connectivity index (χ0v) is 10.9. The van der Waals surface area contributed by atoms with E-state index in [4.69, 9.17) is 11.6 Å². The van der Waals surface area contributed by atoms with Crippen LogP contribution in [0.4, 0.5) is 0 Å². The smallest absolute Gasteiger partial charge is 0.139 e. The average Bonchev–Trinajstić information content (AvgIpc) is 2.92. The average molecular weight is 277 g/mol. The molecule has 1 aromatic carbocycles. The zero-order chi connectivity index (χ0) is 12.4. The van der Waals surface area contributed by atoms with Crippen molar-refractivity contribution < 1.29 is 0 Å². The van der Waals surface area contributed by atoms with Crippen LogP contribution in [0.15, 0.2) is 41.7 Å². The number of halogens is 1. The maximum atomic E-state index is 6.15. The standard InChI is InChI=1S/C12H9ClN4S/c13-10-4-3-8(7-18-11-6-15-17-16-11)12-9(10)2-1-5-14-12/h1-6H,7H2,(H,15,16,17). The molecule has 0 aliphatic heterocycles. The summed E-state index contributed by atoms with van der Waals surface area (Å²) >= 11 is 7.77. The van der Waals surface area contributed by atoms with E-state index in [0.29, 0.717) is 0 Å². The molecule has 2 heterocycles. The molecular formula is C12H9ClN4S. The number of H-pyrrole nitrogens is 1. The second-order valence-corrected chi connectivity index (χ2v) is 5.11. The third-order valence-electron chi connectivity index (χ3n) is 2.57. The number of fused-ring (bicyclic) bond motifs is 1. The van der Waals surface area contributed by atoms with Gasteiger partial charge in [-0.2, -0.15) is 10.3 Å². The molecular weight excluding hydrogens is 268 g/mol. The SMILES string of the molecule is Clc1ccc(CSc2cn[nH]n2)c2ncccc12. The quantitative estimate of drug-likeness (QED) is 0.746. The zero-order valence-electron chi connectivity index (χ0n) is 9.30. The van der Waals surface area contributed by atoms with E-state index in [2.05, 4.69) is 20.4 Å². The van der Waals surface area contributed by atoms with Gasteiger partial charge >= 0.3 is 0 Å². The first-order chi connectivity index (χ1) is 8.84. The molecule has 18 heavy (non-hydrogen) atoms. The first kappa shape index (κ1) is 11.5. The van der Waals surface area contributed by atoms with E-state index in [0.717, 1.165) is 32.3 Å². The van der Waals surface area contributed by atoms with Crippen molar-refractivity contribution in [3.05, 3.63) is 47.2 Å². The van der Waals surface area contributed by atoms with Gasteiger partial charge in [-0.3, -0.25) is 4.98 Å². The van der Waals surface area contributed by atoms with Crippen molar-refractivity contribution in [2.24, 2.45) is 0 Å². The predicted octanol–water partition coefficient (Wildman–Crippen LogP) is 3.30. The highest BCUT2D eigenvalue weighted by Crippen LogP contribution is 2.28. The fourth-order valence-electron chi connectivity index (χ4n) is 1.73. The minimum absolute atomic E-state index is 0.730. The van der Waals surface area contributed by atoms with Gasteiger partial charge < -0.3 is 0 Å². The lowest BCUT2D eigenvalue weighted by Crippen LogP contribution is -1.88. The highest BCUT2D eigenvalue weighted by atomic mass is 35.5. The Labute approximate surface area is 113 Å². The first-order valence-electron chi connectivity index (χ1n) is 5.35. The minimum Gasteiger partial charge on any atom is -0.256 e. The van der Waals surface area contributed by atoms with Crippen LogP contribution in [0, 0.1) is 0 Å². The van der Waals surface area contributed by atoms with Gasteiger partial charge in [0.15, 0.2) is 0 Å². The molecule has 2 aromatic heterocycles. The molecule has 0 aliphatic rings. The molecule has 1 N–H and O–H groups in total. The van der Waals surface area contributed by atoms with Gasteiger partial charge in [0.2, 0.25) is 0 Å². The summed E-state index contributed by atoms with van der Waals surface area (Å²) in [5, 5.41) is 13.0. The van der Waals surface area contributed by atoms with Crippen LogP contribution in [-0.2, 0) is 5.75 Å². The normalized spacial score (nSPS) is 10.9. The molecule has 0 spiro atoms. The molecule has 3 aromatic rings. The van der Waals surface area contributed by atoms with Gasteiger partial charge in [0.05, 0.1) is 11.7 Å². The third-order valence-corrected chi connectivity index (χ3v) is 3.85. The molecule has 90 valence electrons. The third kappa shape index (κ3) is 2.19. The number of hydrogen-bond acceptors (Lipinski definition) is 4. The van der Waals surface area contributed by atoms with Crippen molar-refractivity contribution in [2.45, 2.75) is 10.8 Å². The van der Waals surface area contributed by atoms with Gasteiger partial charge in [-0.15, -0.1) is 5.10 Å². The van der Waals surface area contributed by atoms with Gasteiger partial charge in [-0.25, -0.2) is 0 Å². The Kier molecular flexibility index (Phi) is 3.17. The molecule has 0 amide bonds. The molecule has 0 radical (unpaired) electrons. The van der Waals surface area contributed by atoms with E-state index in [1.807, 2.05) is 24.3 Å². The number of pyridine rings is 1. The molecule has 0 saturated carbocycles. The van der Waals surface area contributed by atoms with Gasteiger partial charge in [0.25, 0.3) is 0 Å². The fraction of sp³-hybridized carbons (Fsp3) is 0.0833. The van der Waals surface area contributed by atoms with Crippen molar-refractivity contribution >= 4 is 34.3 Å². The topological polar surface area (TPSA) is 54.5 Å². The van der Waals surface area contributed by atoms with Crippen LogP contribution in [-0.4, -0.2) is 20.4 Å². The fourth-order valence-corrected chi connectivity index (χ4v) is 2.71. The van der Waals surface area contributed by atoms with Crippen molar-refractivity contribution in [3.8, 4) is 0 Å². The Morgan fingerprint density at radius 1 is 1.28 bits per heavy atom. The van der Waals surface area contributed by atoms with Crippen LogP contribution in [0.1, 0.15) is 5.56 Å². The maximum absolute atomic E-state index is 6.15. The predicted molar refractivity (Wildman–Crippen MR) is 72.7 cm³/mol. The summed E-state index contributed by atoms with van der Waals surface area (Å²) in [5.41, 5.74) is 2.09. The van der Waals surface area contributed by atoms with E-state index in [1.54, 1.807) is 24.2 Å². The molecule has 4 nitrogen and oxygen atoms in total. The lowest BCUT2D eigenvalue weighted by molar-refractivity contribution is 0.911. The number of nitrogens with zero attached hydrogens (tertiary/aromatic N) is 3. The van der Waals surface area contributed by atoms with Gasteiger partial charge in [-0.1, -0.05) is 29.4 Å². The molecule has 3 rings (SSSR count). The number of nitrogens with one attached hydrogen (secondary N) is 1. The molecule has 0 aliphatic carbocycles. The van der Waals surface area contributed by atoms with Crippen molar-refractivity contribution in [3.63, 3.8) is 0 Å². The van der Waals surface area contributed by atoms with Gasteiger partial charge in [0.1, 0.15) is 5.03 Å². The monoisotopic (exact) mass is 276 g/mol. The van der Waals surface area contributed by atoms with Crippen LogP contribution in [0.5, 0.6) is 0 Å². The summed E-state index contributed by atoms with van der Waals surface area (Å²) in [6.45, 7) is 0. The van der Waals surface area contributed by atoms with E-state index < -0.39 is 0 Å². The number of aromatic nitrogens is 4. The van der Waals surface area contributed by atoms with Crippen LogP contribution in [0.25, 0.3) is 10.9 Å². The summed E-state index contributed by atoms with van der Waals surface area (Å²) in [5.74, 6) is 0.789. The number of thioether (sulfide) groups is 1. The number of rotatable bonds is 3. The molecule has 0 unspecified atom stereocenters. The van der Waals surface area contributed by atoms with Gasteiger partial charge in [-0.05, 0) is 23.8 Å². The lowest BCUT2D eigenvalue weighted by atomic mass is 10.1. The molecule has 0 saturated heterocycles. The van der Waals surface area contributed by atoms with Crippen LogP contribution in [0.3, 0.4) is 0 Å². The van der Waals surface area contributed by atoms with Crippen molar-refractivity contribution in [2.75, 3.05) is 0 Å². The summed E-state index contributed by atoms with van der Waals surface area (Å²) in [7, 11) is 0. The second-order valence-electron chi connectivity index (χ2n) is 3.70. The lowest BCUT2D eigenvalue weighted by Gasteiger charge is -2.05. The van der Waals surface area contributed by atoms with E-state index in [9.17, 15) is 0 Å². The molecule has 0 fully saturated rings. The van der Waals surface area contributed by atoms with E-state index in [1.165, 1.54) is 0 Å². The van der Waals surface area contributed by atoms with E-state index in [-0.39, 0.29) is 0 Å². The van der Waals surface area contributed by atoms with Crippen LogP contribution < -0.4 is 0 Å². The molecule has 6 heteroatoms. The summed E-state index contributed by atoms with van der Waals surface area (Å²) < 4.78 is 0. The number of hydrogen-bond donors (Lipinski definition) is 1. The van der Waals surface area contributed by atoms with E-state index >= 15 is 0 Å². The molecule has 0 atom stereocenters. The maximum Gasteiger partial charge on any atom is 0.139 e. The minimum atomic E-state index is 0.730. The highest BCUT2D eigenvalue weighted by molar-refractivity contribution is 7.98. The number of benzene rings is 1. The summed E-state index contributed by atoms with van der Waals surface area (Å²) in [4.78, 5) is 4.40. The Balaban J connectivity index is 1.94. The molecule has 0 bridgehead atoms. The Hall–Kier alpha value is -1.59. The van der Waals surface area contributed by atoms with Crippen LogP contribution >= 0.6 is 23.4 Å². The largest absolute Gasteiger partial charge is 0.256 e.